The van der Waals surface area contributed by atoms with Crippen molar-refractivity contribution in [2.45, 2.75) is 13.0 Å². The molecule has 31 heavy (non-hydrogen) atoms. The van der Waals surface area contributed by atoms with Crippen LogP contribution in [0, 0.1) is 6.92 Å². The first-order valence-corrected chi connectivity index (χ1v) is 10.2. The fourth-order valence-electron chi connectivity index (χ4n) is 3.34. The summed E-state index contributed by atoms with van der Waals surface area (Å²) in [5.41, 5.74) is 1.48. The van der Waals surface area contributed by atoms with Crippen LogP contribution in [0.5, 0.6) is 23.0 Å². The fourth-order valence-corrected chi connectivity index (χ4v) is 3.52. The van der Waals surface area contributed by atoms with Gasteiger partial charge in [0, 0.05) is 5.02 Å². The van der Waals surface area contributed by atoms with Crippen molar-refractivity contribution in [3.63, 3.8) is 0 Å². The molecular formula is C22H19ClN4O4. The van der Waals surface area contributed by atoms with Crippen LogP contribution in [0.15, 0.2) is 53.8 Å². The van der Waals surface area contributed by atoms with Gasteiger partial charge in [-0.3, -0.25) is 0 Å². The topological polar surface area (TPSA) is 87.1 Å². The molecule has 8 nitrogen and oxygen atoms in total. The summed E-state index contributed by atoms with van der Waals surface area (Å²) >= 11 is 6.08. The van der Waals surface area contributed by atoms with Crippen molar-refractivity contribution in [3.05, 3.63) is 70.8 Å². The summed E-state index contributed by atoms with van der Waals surface area (Å²) < 4.78 is 17.3. The molecule has 9 heteroatoms. The van der Waals surface area contributed by atoms with Crippen LogP contribution in [-0.2, 0) is 4.84 Å². The van der Waals surface area contributed by atoms with Crippen LogP contribution in [0.2, 0.25) is 5.02 Å². The van der Waals surface area contributed by atoms with Gasteiger partial charge in [0.25, 0.3) is 0 Å². The van der Waals surface area contributed by atoms with Crippen molar-refractivity contribution in [1.82, 2.24) is 15.3 Å². The van der Waals surface area contributed by atoms with Gasteiger partial charge in [-0.1, -0.05) is 28.9 Å². The van der Waals surface area contributed by atoms with Crippen molar-refractivity contribution < 1.29 is 19.0 Å². The number of hydrogen-bond donors (Lipinski definition) is 1. The SMILES string of the molecule is Cc1ncc(Oc2cccc(Cl)c2)c(C2=NOC[C@@H](c3ccc4c(c3)OCCO4)N2)n1. The highest BCUT2D eigenvalue weighted by atomic mass is 35.5. The van der Waals surface area contributed by atoms with E-state index in [-0.39, 0.29) is 6.04 Å². The van der Waals surface area contributed by atoms with E-state index in [1.165, 1.54) is 0 Å². The molecule has 2 aromatic carbocycles. The average Bonchev–Trinajstić information content (AvgIpc) is 2.80. The van der Waals surface area contributed by atoms with Crippen LogP contribution >= 0.6 is 11.6 Å². The molecule has 2 aliphatic rings. The number of ether oxygens (including phenoxy) is 3. The Labute approximate surface area is 183 Å². The lowest BCUT2D eigenvalue weighted by molar-refractivity contribution is 0.109. The van der Waals surface area contributed by atoms with Crippen molar-refractivity contribution in [1.29, 1.82) is 0 Å². The highest BCUT2D eigenvalue weighted by molar-refractivity contribution is 6.30. The number of halogens is 1. The summed E-state index contributed by atoms with van der Waals surface area (Å²) in [6.07, 6.45) is 1.61. The van der Waals surface area contributed by atoms with Gasteiger partial charge >= 0.3 is 0 Å². The Morgan fingerprint density at radius 1 is 1.10 bits per heavy atom. The van der Waals surface area contributed by atoms with Crippen molar-refractivity contribution in [2.24, 2.45) is 5.16 Å². The molecule has 3 heterocycles. The van der Waals surface area contributed by atoms with Crippen LogP contribution in [0.1, 0.15) is 23.1 Å². The standard InChI is InChI=1S/C22H19ClN4O4/c1-13-24-11-20(31-16-4-2-3-15(23)10-16)21(25-13)22-26-17(12-30-27-22)14-5-6-18-19(9-14)29-8-7-28-18/h2-6,9-11,17H,7-8,12H2,1H3,(H,26,27)/t17-/m0/s1. The maximum absolute atomic E-state index is 6.08. The van der Waals surface area contributed by atoms with E-state index < -0.39 is 0 Å². The lowest BCUT2D eigenvalue weighted by atomic mass is 10.1. The molecule has 158 valence electrons. The molecule has 1 N–H and O–H groups in total. The zero-order valence-electron chi connectivity index (χ0n) is 16.7. The number of oxime groups is 1. The molecule has 0 aliphatic carbocycles. The third kappa shape index (κ3) is 4.20. The van der Waals surface area contributed by atoms with Crippen LogP contribution in [0.4, 0.5) is 0 Å². The largest absolute Gasteiger partial charge is 0.486 e. The minimum absolute atomic E-state index is 0.155. The van der Waals surface area contributed by atoms with Crippen molar-refractivity contribution in [3.8, 4) is 23.0 Å². The summed E-state index contributed by atoms with van der Waals surface area (Å²) in [7, 11) is 0. The molecule has 0 unspecified atom stereocenters. The van der Waals surface area contributed by atoms with Crippen LogP contribution in [0.25, 0.3) is 0 Å². The Balaban J connectivity index is 1.42. The van der Waals surface area contributed by atoms with Crippen LogP contribution in [-0.4, -0.2) is 35.6 Å². The number of nitrogens with zero attached hydrogens (tertiary/aromatic N) is 3. The predicted octanol–water partition coefficient (Wildman–Crippen LogP) is 4.02. The Morgan fingerprint density at radius 2 is 1.97 bits per heavy atom. The minimum atomic E-state index is -0.155. The molecular weight excluding hydrogens is 420 g/mol. The van der Waals surface area contributed by atoms with Gasteiger partial charge in [-0.15, -0.1) is 0 Å². The van der Waals surface area contributed by atoms with Gasteiger partial charge in [0.15, 0.2) is 28.8 Å². The second kappa shape index (κ2) is 8.31. The van der Waals surface area contributed by atoms with E-state index in [1.807, 2.05) is 24.3 Å². The first kappa shape index (κ1) is 19.4. The average molecular weight is 439 g/mol. The highest BCUT2D eigenvalue weighted by Gasteiger charge is 2.25. The summed E-state index contributed by atoms with van der Waals surface area (Å²) in [6, 6.07) is 12.8. The number of benzene rings is 2. The van der Waals surface area contributed by atoms with Crippen molar-refractivity contribution in [2.75, 3.05) is 19.8 Å². The third-order valence-corrected chi connectivity index (χ3v) is 5.04. The molecule has 1 atom stereocenters. The predicted molar refractivity (Wildman–Crippen MR) is 114 cm³/mol. The molecule has 2 aliphatic heterocycles. The summed E-state index contributed by atoms with van der Waals surface area (Å²) in [4.78, 5) is 14.3. The second-order valence-corrected chi connectivity index (χ2v) is 7.46. The maximum Gasteiger partial charge on any atom is 0.196 e. The van der Waals surface area contributed by atoms with Gasteiger partial charge in [0.2, 0.25) is 0 Å². The summed E-state index contributed by atoms with van der Waals surface area (Å²) in [6.45, 7) is 3.24. The molecule has 3 aromatic rings. The highest BCUT2D eigenvalue weighted by Crippen LogP contribution is 2.34. The number of hydrogen-bond acceptors (Lipinski definition) is 8. The molecule has 0 radical (unpaired) electrons. The van der Waals surface area contributed by atoms with E-state index in [4.69, 9.17) is 30.6 Å². The third-order valence-electron chi connectivity index (χ3n) is 4.80. The summed E-state index contributed by atoms with van der Waals surface area (Å²) in [5, 5.41) is 8.14. The normalized spacial score (nSPS) is 17.2. The lowest BCUT2D eigenvalue weighted by Gasteiger charge is -2.26. The van der Waals surface area contributed by atoms with Crippen molar-refractivity contribution >= 4 is 17.4 Å². The van der Waals surface area contributed by atoms with Crippen LogP contribution in [0.3, 0.4) is 0 Å². The monoisotopic (exact) mass is 438 g/mol. The number of nitrogens with one attached hydrogen (secondary N) is 1. The number of rotatable bonds is 4. The van der Waals surface area contributed by atoms with Gasteiger partial charge in [-0.05, 0) is 42.8 Å². The summed E-state index contributed by atoms with van der Waals surface area (Å²) in [5.74, 6) is 3.50. The van der Waals surface area contributed by atoms with E-state index in [9.17, 15) is 0 Å². The zero-order valence-corrected chi connectivity index (χ0v) is 17.4. The number of amidine groups is 1. The zero-order chi connectivity index (χ0) is 21.2. The Bertz CT molecular complexity index is 1150. The molecule has 5 rings (SSSR count). The smallest absolute Gasteiger partial charge is 0.196 e. The molecule has 0 saturated heterocycles. The molecule has 1 aromatic heterocycles. The van der Waals surface area contributed by atoms with Gasteiger partial charge in [-0.2, -0.15) is 0 Å². The fraction of sp³-hybridized carbons (Fsp3) is 0.227. The van der Waals surface area contributed by atoms with Crippen LogP contribution < -0.4 is 19.5 Å². The number of aryl methyl sites for hydroxylation is 1. The van der Waals surface area contributed by atoms with Gasteiger partial charge < -0.3 is 24.4 Å². The molecule has 0 saturated carbocycles. The molecule has 0 bridgehead atoms. The Morgan fingerprint density at radius 3 is 2.84 bits per heavy atom. The van der Waals surface area contributed by atoms with E-state index >= 15 is 0 Å². The first-order chi connectivity index (χ1) is 15.2. The van der Waals surface area contributed by atoms with Gasteiger partial charge in [0.1, 0.15) is 31.4 Å². The van der Waals surface area contributed by atoms with E-state index in [0.717, 1.165) is 17.1 Å². The number of fused-ring (bicyclic) bond motifs is 1. The first-order valence-electron chi connectivity index (χ1n) is 9.79. The number of aromatic nitrogens is 2. The van der Waals surface area contributed by atoms with E-state index in [2.05, 4.69) is 20.4 Å². The maximum atomic E-state index is 6.08. The van der Waals surface area contributed by atoms with Gasteiger partial charge in [-0.25, -0.2) is 9.97 Å². The second-order valence-electron chi connectivity index (χ2n) is 7.03. The van der Waals surface area contributed by atoms with E-state index in [0.29, 0.717) is 53.7 Å². The minimum Gasteiger partial charge on any atom is -0.486 e. The molecule has 0 amide bonds. The molecule has 0 fully saturated rings. The Hall–Kier alpha value is -3.52. The van der Waals surface area contributed by atoms with Gasteiger partial charge in [0.05, 0.1) is 12.2 Å². The van der Waals surface area contributed by atoms with E-state index in [1.54, 1.807) is 31.3 Å². The molecule has 0 spiro atoms. The Kier molecular flexibility index (Phi) is 5.21. The lowest BCUT2D eigenvalue weighted by Crippen LogP contribution is -2.36. The quantitative estimate of drug-likeness (QED) is 0.658.